The van der Waals surface area contributed by atoms with E-state index >= 15 is 0 Å². The van der Waals surface area contributed by atoms with Gasteiger partial charge in [-0.15, -0.1) is 0 Å². The largest absolute Gasteiger partial charge is 0.325 e. The van der Waals surface area contributed by atoms with Gasteiger partial charge in [0.25, 0.3) is 0 Å². The number of benzene rings is 2. The Balaban J connectivity index is 1.91. The van der Waals surface area contributed by atoms with Crippen LogP contribution in [0.25, 0.3) is 0 Å². The van der Waals surface area contributed by atoms with Gasteiger partial charge >= 0.3 is 0 Å². The summed E-state index contributed by atoms with van der Waals surface area (Å²) in [5.41, 5.74) is 3.40. The quantitative estimate of drug-likeness (QED) is 0.887. The average molecular weight is 297 g/mol. The topological polar surface area (TPSA) is 29.1 Å². The minimum Gasteiger partial charge on any atom is -0.325 e. The lowest BCUT2D eigenvalue weighted by atomic mass is 9.63. The van der Waals surface area contributed by atoms with E-state index in [1.165, 1.54) is 12.1 Å². The van der Waals surface area contributed by atoms with Crippen LogP contribution in [0.15, 0.2) is 42.5 Å². The van der Waals surface area contributed by atoms with Crippen LogP contribution in [0.1, 0.15) is 36.0 Å². The highest BCUT2D eigenvalue weighted by molar-refractivity contribution is 6.00. The summed E-state index contributed by atoms with van der Waals surface area (Å²) in [5.74, 6) is -0.254. The summed E-state index contributed by atoms with van der Waals surface area (Å²) in [4.78, 5) is 12.9. The van der Waals surface area contributed by atoms with Crippen molar-refractivity contribution in [3.63, 3.8) is 0 Å². The Morgan fingerprint density at radius 3 is 2.14 bits per heavy atom. The number of para-hydroxylation sites is 1. The van der Waals surface area contributed by atoms with E-state index in [2.05, 4.69) is 5.32 Å². The Bertz CT molecular complexity index is 682. The number of aryl methyl sites for hydroxylation is 2. The van der Waals surface area contributed by atoms with Crippen molar-refractivity contribution in [2.24, 2.45) is 0 Å². The molecule has 0 bridgehead atoms. The van der Waals surface area contributed by atoms with Crippen LogP contribution in [-0.2, 0) is 10.2 Å². The maximum Gasteiger partial charge on any atom is 0.235 e. The average Bonchev–Trinajstić information content (AvgIpc) is 2.44. The fourth-order valence-electron chi connectivity index (χ4n) is 3.19. The summed E-state index contributed by atoms with van der Waals surface area (Å²) in [7, 11) is 0. The summed E-state index contributed by atoms with van der Waals surface area (Å²) in [6.45, 7) is 3.99. The van der Waals surface area contributed by atoms with Crippen molar-refractivity contribution < 1.29 is 9.18 Å². The zero-order valence-electron chi connectivity index (χ0n) is 12.9. The molecule has 1 aliphatic carbocycles. The van der Waals surface area contributed by atoms with E-state index in [0.29, 0.717) is 0 Å². The van der Waals surface area contributed by atoms with Gasteiger partial charge in [-0.1, -0.05) is 36.8 Å². The second-order valence-electron chi connectivity index (χ2n) is 6.16. The van der Waals surface area contributed by atoms with Crippen LogP contribution >= 0.6 is 0 Å². The number of amides is 1. The van der Waals surface area contributed by atoms with Crippen LogP contribution in [0, 0.1) is 19.7 Å². The third-order valence-corrected chi connectivity index (χ3v) is 4.76. The molecule has 0 heterocycles. The molecule has 0 radical (unpaired) electrons. The third-order valence-electron chi connectivity index (χ3n) is 4.76. The van der Waals surface area contributed by atoms with E-state index in [0.717, 1.165) is 41.6 Å². The highest BCUT2D eigenvalue weighted by Crippen LogP contribution is 2.44. The van der Waals surface area contributed by atoms with Gasteiger partial charge in [0.2, 0.25) is 5.91 Å². The molecule has 3 rings (SSSR count). The molecule has 1 amide bonds. The van der Waals surface area contributed by atoms with Crippen LogP contribution in [0.4, 0.5) is 10.1 Å². The fraction of sp³-hybridized carbons (Fsp3) is 0.316. The van der Waals surface area contributed by atoms with E-state index in [1.54, 1.807) is 12.1 Å². The molecule has 0 saturated heterocycles. The van der Waals surface area contributed by atoms with Gasteiger partial charge in [0.05, 0.1) is 5.41 Å². The van der Waals surface area contributed by atoms with Gasteiger partial charge in [0, 0.05) is 5.69 Å². The highest BCUT2D eigenvalue weighted by Gasteiger charge is 2.45. The normalized spacial score (nSPS) is 16.0. The summed E-state index contributed by atoms with van der Waals surface area (Å²) in [6.07, 6.45) is 2.66. The first-order valence-electron chi connectivity index (χ1n) is 7.67. The molecule has 0 atom stereocenters. The second kappa shape index (κ2) is 5.56. The number of hydrogen-bond donors (Lipinski definition) is 1. The van der Waals surface area contributed by atoms with Gasteiger partial charge in [-0.2, -0.15) is 0 Å². The van der Waals surface area contributed by atoms with E-state index in [1.807, 2.05) is 32.0 Å². The first-order valence-corrected chi connectivity index (χ1v) is 7.67. The van der Waals surface area contributed by atoms with Crippen molar-refractivity contribution in [1.82, 2.24) is 0 Å². The van der Waals surface area contributed by atoms with Crippen LogP contribution in [-0.4, -0.2) is 5.91 Å². The van der Waals surface area contributed by atoms with Crippen molar-refractivity contribution in [1.29, 1.82) is 0 Å². The molecule has 2 aromatic rings. The lowest BCUT2D eigenvalue weighted by molar-refractivity contribution is -0.124. The van der Waals surface area contributed by atoms with Crippen LogP contribution in [0.2, 0.25) is 0 Å². The highest BCUT2D eigenvalue weighted by atomic mass is 19.1. The summed E-state index contributed by atoms with van der Waals surface area (Å²) in [5, 5.41) is 3.10. The van der Waals surface area contributed by atoms with Gasteiger partial charge < -0.3 is 5.32 Å². The smallest absolute Gasteiger partial charge is 0.235 e. The standard InChI is InChI=1S/C19H20FNO/c1-13-5-3-6-14(2)17(13)21-18(22)19(11-4-12-19)15-7-9-16(20)10-8-15/h3,5-10H,4,11-12H2,1-2H3,(H,21,22). The number of rotatable bonds is 3. The van der Waals surface area contributed by atoms with E-state index in [9.17, 15) is 9.18 Å². The van der Waals surface area contributed by atoms with Crippen LogP contribution < -0.4 is 5.32 Å². The van der Waals surface area contributed by atoms with Crippen molar-refractivity contribution in [3.8, 4) is 0 Å². The maximum atomic E-state index is 13.2. The zero-order valence-corrected chi connectivity index (χ0v) is 12.9. The van der Waals surface area contributed by atoms with Crippen molar-refractivity contribution in [2.75, 3.05) is 5.32 Å². The van der Waals surface area contributed by atoms with Crippen LogP contribution in [0.5, 0.6) is 0 Å². The number of carbonyl (C=O) groups excluding carboxylic acids is 1. The summed E-state index contributed by atoms with van der Waals surface area (Å²) in [6, 6.07) is 12.3. The molecule has 22 heavy (non-hydrogen) atoms. The van der Waals surface area contributed by atoms with E-state index in [4.69, 9.17) is 0 Å². The fourth-order valence-corrected chi connectivity index (χ4v) is 3.19. The number of carbonyl (C=O) groups is 1. The Hall–Kier alpha value is -2.16. The second-order valence-corrected chi connectivity index (χ2v) is 6.16. The molecule has 1 fully saturated rings. The molecule has 2 nitrogen and oxygen atoms in total. The predicted molar refractivity (Wildman–Crippen MR) is 86.5 cm³/mol. The third kappa shape index (κ3) is 2.41. The Morgan fingerprint density at radius 1 is 1.05 bits per heavy atom. The first kappa shape index (κ1) is 14.8. The molecule has 0 aliphatic heterocycles. The molecular weight excluding hydrogens is 277 g/mol. The van der Waals surface area contributed by atoms with Crippen molar-refractivity contribution in [3.05, 3.63) is 65.0 Å². The lowest BCUT2D eigenvalue weighted by Crippen LogP contribution is -2.46. The zero-order chi connectivity index (χ0) is 15.7. The molecule has 0 aromatic heterocycles. The monoisotopic (exact) mass is 297 g/mol. The Labute approximate surface area is 130 Å². The van der Waals surface area contributed by atoms with Crippen LogP contribution in [0.3, 0.4) is 0 Å². The van der Waals surface area contributed by atoms with Gasteiger partial charge in [-0.25, -0.2) is 4.39 Å². The molecule has 1 saturated carbocycles. The molecule has 114 valence electrons. The summed E-state index contributed by atoms with van der Waals surface area (Å²) >= 11 is 0. The Morgan fingerprint density at radius 2 is 1.64 bits per heavy atom. The molecule has 0 spiro atoms. The Kier molecular flexibility index (Phi) is 3.73. The SMILES string of the molecule is Cc1cccc(C)c1NC(=O)C1(c2ccc(F)cc2)CCC1. The van der Waals surface area contributed by atoms with E-state index in [-0.39, 0.29) is 11.7 Å². The molecular formula is C19H20FNO. The molecule has 3 heteroatoms. The van der Waals surface area contributed by atoms with Gasteiger partial charge in [0.15, 0.2) is 0 Å². The van der Waals surface area contributed by atoms with E-state index < -0.39 is 5.41 Å². The number of hydrogen-bond acceptors (Lipinski definition) is 1. The number of nitrogens with one attached hydrogen (secondary N) is 1. The first-order chi connectivity index (χ1) is 10.5. The number of halogens is 1. The molecule has 0 unspecified atom stereocenters. The maximum absolute atomic E-state index is 13.2. The van der Waals surface area contributed by atoms with Crippen molar-refractivity contribution >= 4 is 11.6 Å². The predicted octanol–water partition coefficient (Wildman–Crippen LogP) is 4.50. The lowest BCUT2D eigenvalue weighted by Gasteiger charge is -2.41. The van der Waals surface area contributed by atoms with Gasteiger partial charge in [-0.05, 0) is 55.5 Å². The molecule has 1 N–H and O–H groups in total. The molecule has 1 aliphatic rings. The van der Waals surface area contributed by atoms with Gasteiger partial charge in [0.1, 0.15) is 5.82 Å². The van der Waals surface area contributed by atoms with Crippen molar-refractivity contribution in [2.45, 2.75) is 38.5 Å². The number of anilines is 1. The molecule has 2 aromatic carbocycles. The summed E-state index contributed by atoms with van der Waals surface area (Å²) < 4.78 is 13.2. The van der Waals surface area contributed by atoms with Gasteiger partial charge in [-0.3, -0.25) is 4.79 Å². The minimum atomic E-state index is -0.511. The minimum absolute atomic E-state index is 0.0164.